The standard InChI is InChI=1S/C24H34N4O3.HI/c1-6-26-23(29)17-31-21-9-7-8-20(15-21)16-27-24(25-4)28(5)10-11-30-22-13-18(2)12-19(3)14-22;/h7-9,12-15H,6,10-11,16-17H2,1-5H3,(H,25,27)(H,26,29);1H. The number of likely N-dealkylation sites (N-methyl/N-ethyl adjacent to an activating group) is 2. The molecule has 2 N–H and O–H groups in total. The Morgan fingerprint density at radius 1 is 1.03 bits per heavy atom. The fraction of sp³-hybridized carbons (Fsp3) is 0.417. The maximum absolute atomic E-state index is 11.6. The highest BCUT2D eigenvalue weighted by atomic mass is 127. The SMILES string of the molecule is CCNC(=O)COc1cccc(CNC(=NC)N(C)CCOc2cc(C)cc(C)c2)c1.I. The zero-order valence-corrected chi connectivity index (χ0v) is 21.9. The Bertz CT molecular complexity index is 869. The molecule has 2 rings (SSSR count). The van der Waals surface area contributed by atoms with Crippen molar-refractivity contribution in [1.29, 1.82) is 0 Å². The number of amides is 1. The van der Waals surface area contributed by atoms with Gasteiger partial charge in [-0.3, -0.25) is 9.79 Å². The minimum absolute atomic E-state index is 0. The van der Waals surface area contributed by atoms with Crippen molar-refractivity contribution in [2.45, 2.75) is 27.3 Å². The molecule has 2 aromatic rings. The van der Waals surface area contributed by atoms with Crippen LogP contribution in [0.1, 0.15) is 23.6 Å². The van der Waals surface area contributed by atoms with Gasteiger partial charge in [0.2, 0.25) is 0 Å². The summed E-state index contributed by atoms with van der Waals surface area (Å²) in [4.78, 5) is 17.9. The second-order valence-electron chi connectivity index (χ2n) is 7.38. The molecular weight excluding hydrogens is 519 g/mol. The summed E-state index contributed by atoms with van der Waals surface area (Å²) >= 11 is 0. The van der Waals surface area contributed by atoms with Crippen LogP contribution in [0.2, 0.25) is 0 Å². The van der Waals surface area contributed by atoms with Crippen molar-refractivity contribution in [3.05, 3.63) is 59.2 Å². The van der Waals surface area contributed by atoms with Crippen LogP contribution >= 0.6 is 24.0 Å². The van der Waals surface area contributed by atoms with E-state index in [1.165, 1.54) is 11.1 Å². The minimum atomic E-state index is -0.129. The molecule has 8 heteroatoms. The lowest BCUT2D eigenvalue weighted by Gasteiger charge is -2.22. The molecule has 32 heavy (non-hydrogen) atoms. The number of guanidine groups is 1. The Balaban J connectivity index is 0.00000512. The summed E-state index contributed by atoms with van der Waals surface area (Å²) in [5, 5.41) is 6.07. The van der Waals surface area contributed by atoms with Crippen LogP contribution in [0.3, 0.4) is 0 Å². The average Bonchev–Trinajstić information content (AvgIpc) is 2.72. The van der Waals surface area contributed by atoms with Gasteiger partial charge in [0.1, 0.15) is 18.1 Å². The number of aliphatic imine (C=N–C) groups is 1. The molecule has 0 fully saturated rings. The van der Waals surface area contributed by atoms with E-state index in [0.717, 1.165) is 17.3 Å². The Morgan fingerprint density at radius 2 is 1.75 bits per heavy atom. The first-order valence-corrected chi connectivity index (χ1v) is 10.5. The van der Waals surface area contributed by atoms with Gasteiger partial charge in [-0.15, -0.1) is 24.0 Å². The highest BCUT2D eigenvalue weighted by molar-refractivity contribution is 14.0. The first-order chi connectivity index (χ1) is 14.9. The van der Waals surface area contributed by atoms with Crippen LogP contribution in [0, 0.1) is 13.8 Å². The lowest BCUT2D eigenvalue weighted by atomic mass is 10.1. The summed E-state index contributed by atoms with van der Waals surface area (Å²) in [7, 11) is 3.74. The number of nitrogens with zero attached hydrogens (tertiary/aromatic N) is 2. The van der Waals surface area contributed by atoms with Crippen molar-refractivity contribution in [3.8, 4) is 11.5 Å². The van der Waals surface area contributed by atoms with Crippen LogP contribution in [-0.4, -0.2) is 57.2 Å². The van der Waals surface area contributed by atoms with Crippen LogP contribution in [0.4, 0.5) is 0 Å². The molecular formula is C24H35IN4O3. The molecule has 0 radical (unpaired) electrons. The fourth-order valence-corrected chi connectivity index (χ4v) is 3.13. The second kappa shape index (κ2) is 14.5. The first kappa shape index (κ1) is 27.5. The number of hydrogen-bond acceptors (Lipinski definition) is 4. The minimum Gasteiger partial charge on any atom is -0.492 e. The first-order valence-electron chi connectivity index (χ1n) is 10.5. The summed E-state index contributed by atoms with van der Waals surface area (Å²) in [6, 6.07) is 13.9. The third kappa shape index (κ3) is 9.76. The third-order valence-electron chi connectivity index (χ3n) is 4.56. The number of aryl methyl sites for hydroxylation is 2. The van der Waals surface area contributed by atoms with Gasteiger partial charge in [-0.2, -0.15) is 0 Å². The van der Waals surface area contributed by atoms with Crippen LogP contribution in [-0.2, 0) is 11.3 Å². The largest absolute Gasteiger partial charge is 0.492 e. The van der Waals surface area contributed by atoms with Gasteiger partial charge in [-0.25, -0.2) is 0 Å². The maximum Gasteiger partial charge on any atom is 0.257 e. The molecule has 0 aliphatic carbocycles. The Kier molecular flexibility index (Phi) is 12.5. The summed E-state index contributed by atoms with van der Waals surface area (Å²) in [6.07, 6.45) is 0. The lowest BCUT2D eigenvalue weighted by Crippen LogP contribution is -2.40. The molecule has 0 unspecified atom stereocenters. The number of halogens is 1. The molecule has 2 aromatic carbocycles. The van der Waals surface area contributed by atoms with E-state index < -0.39 is 0 Å². The predicted molar refractivity (Wildman–Crippen MR) is 140 cm³/mol. The Morgan fingerprint density at radius 3 is 2.41 bits per heavy atom. The molecule has 7 nitrogen and oxygen atoms in total. The van der Waals surface area contributed by atoms with Crippen molar-refractivity contribution >= 4 is 35.8 Å². The molecule has 0 heterocycles. The van der Waals surface area contributed by atoms with Crippen LogP contribution in [0.25, 0.3) is 0 Å². The number of carbonyl (C=O) groups is 1. The maximum atomic E-state index is 11.6. The molecule has 176 valence electrons. The molecule has 0 aromatic heterocycles. The Hall–Kier alpha value is -2.49. The summed E-state index contributed by atoms with van der Waals surface area (Å²) < 4.78 is 11.5. The van der Waals surface area contributed by atoms with Crippen molar-refractivity contribution in [3.63, 3.8) is 0 Å². The van der Waals surface area contributed by atoms with Crippen LogP contribution in [0.15, 0.2) is 47.5 Å². The molecule has 1 amide bonds. The highest BCUT2D eigenvalue weighted by Gasteiger charge is 2.07. The zero-order valence-electron chi connectivity index (χ0n) is 19.6. The molecule has 0 spiro atoms. The van der Waals surface area contributed by atoms with Crippen molar-refractivity contribution in [2.24, 2.45) is 4.99 Å². The van der Waals surface area contributed by atoms with E-state index in [4.69, 9.17) is 9.47 Å². The van der Waals surface area contributed by atoms with Gasteiger partial charge in [0, 0.05) is 27.2 Å². The summed E-state index contributed by atoms with van der Waals surface area (Å²) in [5.74, 6) is 2.20. The third-order valence-corrected chi connectivity index (χ3v) is 4.56. The van der Waals surface area contributed by atoms with Gasteiger partial charge in [0.25, 0.3) is 5.91 Å². The van der Waals surface area contributed by atoms with Crippen LogP contribution < -0.4 is 20.1 Å². The van der Waals surface area contributed by atoms with Crippen molar-refractivity contribution in [2.75, 3.05) is 40.4 Å². The number of benzene rings is 2. The molecule has 0 bridgehead atoms. The topological polar surface area (TPSA) is 75.2 Å². The molecule has 0 saturated heterocycles. The van der Waals surface area contributed by atoms with E-state index in [9.17, 15) is 4.79 Å². The fourth-order valence-electron chi connectivity index (χ4n) is 3.13. The van der Waals surface area contributed by atoms with Gasteiger partial charge < -0.3 is 25.0 Å². The summed E-state index contributed by atoms with van der Waals surface area (Å²) in [5.41, 5.74) is 3.42. The monoisotopic (exact) mass is 554 g/mol. The van der Waals surface area contributed by atoms with Gasteiger partial charge >= 0.3 is 0 Å². The summed E-state index contributed by atoms with van der Waals surface area (Å²) in [6.45, 7) is 8.46. The average molecular weight is 554 g/mol. The molecule has 0 saturated carbocycles. The molecule has 0 aliphatic heterocycles. The Labute approximate surface area is 208 Å². The lowest BCUT2D eigenvalue weighted by molar-refractivity contribution is -0.122. The van der Waals surface area contributed by atoms with Gasteiger partial charge in [0.05, 0.1) is 6.54 Å². The number of hydrogen-bond donors (Lipinski definition) is 2. The number of nitrogens with one attached hydrogen (secondary N) is 2. The quantitative estimate of drug-likeness (QED) is 0.267. The van der Waals surface area contributed by atoms with E-state index in [2.05, 4.69) is 35.5 Å². The zero-order chi connectivity index (χ0) is 22.6. The highest BCUT2D eigenvalue weighted by Crippen LogP contribution is 2.16. The number of ether oxygens (including phenoxy) is 2. The van der Waals surface area contributed by atoms with E-state index >= 15 is 0 Å². The smallest absolute Gasteiger partial charge is 0.257 e. The van der Waals surface area contributed by atoms with E-state index in [0.29, 0.717) is 32.0 Å². The van der Waals surface area contributed by atoms with Gasteiger partial charge in [-0.1, -0.05) is 18.2 Å². The van der Waals surface area contributed by atoms with E-state index in [1.807, 2.05) is 55.3 Å². The predicted octanol–water partition coefficient (Wildman–Crippen LogP) is 3.52. The van der Waals surface area contributed by atoms with Gasteiger partial charge in [-0.05, 0) is 61.7 Å². The van der Waals surface area contributed by atoms with Crippen molar-refractivity contribution in [1.82, 2.24) is 15.5 Å². The van der Waals surface area contributed by atoms with E-state index in [-0.39, 0.29) is 36.5 Å². The molecule has 0 aliphatic rings. The second-order valence-corrected chi connectivity index (χ2v) is 7.38. The number of carbonyl (C=O) groups excluding carboxylic acids is 1. The van der Waals surface area contributed by atoms with E-state index in [1.54, 1.807) is 7.05 Å². The van der Waals surface area contributed by atoms with Gasteiger partial charge in [0.15, 0.2) is 12.6 Å². The van der Waals surface area contributed by atoms with Crippen molar-refractivity contribution < 1.29 is 14.3 Å². The molecule has 0 atom stereocenters. The number of rotatable bonds is 10. The normalized spacial score (nSPS) is 10.7. The van der Waals surface area contributed by atoms with Crippen LogP contribution in [0.5, 0.6) is 11.5 Å².